The van der Waals surface area contributed by atoms with Crippen LogP contribution in [-0.2, 0) is 9.47 Å². The summed E-state index contributed by atoms with van der Waals surface area (Å²) in [5, 5.41) is 3.11. The quantitative estimate of drug-likeness (QED) is 0.602. The van der Waals surface area contributed by atoms with Gasteiger partial charge in [-0.25, -0.2) is 4.79 Å². The highest BCUT2D eigenvalue weighted by Crippen LogP contribution is 2.33. The molecule has 1 N–H and O–H groups in total. The monoisotopic (exact) mass is 363 g/mol. The maximum atomic E-state index is 12.5. The average molecular weight is 364 g/mol. The number of hydrogen-bond donors (Lipinski definition) is 1. The molecule has 2 rings (SSSR count). The second kappa shape index (κ2) is 9.05. The van der Waals surface area contributed by atoms with E-state index in [-0.39, 0.29) is 5.56 Å². The molecule has 6 nitrogen and oxygen atoms in total. The number of halogens is 1. The van der Waals surface area contributed by atoms with Gasteiger partial charge < -0.3 is 19.5 Å². The fraction of sp³-hybridized carbons (Fsp3) is 0.222. The van der Waals surface area contributed by atoms with Gasteiger partial charge in [-0.15, -0.1) is 0 Å². The molecule has 0 radical (unpaired) electrons. The maximum Gasteiger partial charge on any atom is 0.337 e. The predicted octanol–water partition coefficient (Wildman–Crippen LogP) is 3.40. The van der Waals surface area contributed by atoms with Gasteiger partial charge in [0.2, 0.25) is 0 Å². The van der Waals surface area contributed by atoms with Crippen LogP contribution in [0.25, 0.3) is 0 Å². The lowest BCUT2D eigenvalue weighted by molar-refractivity contribution is 0.0600. The number of para-hydroxylation sites is 1. The molecular weight excluding hydrogens is 346 g/mol. The molecule has 0 aromatic heterocycles. The number of nitrogens with one attached hydrogen (secondary N) is 1. The summed E-state index contributed by atoms with van der Waals surface area (Å²) in [7, 11) is 2.84. The first-order valence-electron chi connectivity index (χ1n) is 7.46. The molecule has 132 valence electrons. The summed E-state index contributed by atoms with van der Waals surface area (Å²) >= 11 is 6.15. The standard InChI is InChI=1S/C18H18ClNO5/c1-23-9-10-25-16-14(19)7-4-8-15(16)20-17(21)12-5-3-6-13(11-12)18(22)24-2/h3-8,11H,9-10H2,1-2H3,(H,20,21). The molecule has 7 heteroatoms. The van der Waals surface area contributed by atoms with Crippen LogP contribution in [0.1, 0.15) is 20.7 Å². The molecule has 0 bridgehead atoms. The van der Waals surface area contributed by atoms with Crippen molar-refractivity contribution in [3.05, 3.63) is 58.6 Å². The number of esters is 1. The summed E-state index contributed by atoms with van der Waals surface area (Å²) in [6.45, 7) is 0.681. The van der Waals surface area contributed by atoms with Crippen LogP contribution < -0.4 is 10.1 Å². The van der Waals surface area contributed by atoms with Crippen LogP contribution in [0.4, 0.5) is 5.69 Å². The van der Waals surface area contributed by atoms with Gasteiger partial charge in [0.15, 0.2) is 5.75 Å². The number of carbonyl (C=O) groups is 2. The van der Waals surface area contributed by atoms with Crippen molar-refractivity contribution in [3.8, 4) is 5.75 Å². The van der Waals surface area contributed by atoms with Gasteiger partial charge in [-0.1, -0.05) is 23.7 Å². The highest BCUT2D eigenvalue weighted by atomic mass is 35.5. The molecule has 0 atom stereocenters. The summed E-state index contributed by atoms with van der Waals surface area (Å²) in [4.78, 5) is 24.1. The lowest BCUT2D eigenvalue weighted by Gasteiger charge is -2.14. The number of ether oxygens (including phenoxy) is 3. The normalized spacial score (nSPS) is 10.2. The van der Waals surface area contributed by atoms with Crippen molar-refractivity contribution in [3.63, 3.8) is 0 Å². The highest BCUT2D eigenvalue weighted by molar-refractivity contribution is 6.32. The molecule has 0 spiro atoms. The number of anilines is 1. The topological polar surface area (TPSA) is 73.9 Å². The summed E-state index contributed by atoms with van der Waals surface area (Å²) in [5.74, 6) is -0.552. The summed E-state index contributed by atoms with van der Waals surface area (Å²) < 4.78 is 15.2. The molecule has 0 heterocycles. The Morgan fingerprint density at radius 3 is 2.48 bits per heavy atom. The molecule has 2 aromatic carbocycles. The van der Waals surface area contributed by atoms with Crippen molar-refractivity contribution >= 4 is 29.2 Å². The van der Waals surface area contributed by atoms with Crippen molar-refractivity contribution in [1.82, 2.24) is 0 Å². The van der Waals surface area contributed by atoms with Gasteiger partial charge in [0.05, 0.1) is 30.0 Å². The summed E-state index contributed by atoms with van der Waals surface area (Å²) in [5.41, 5.74) is 1.03. The van der Waals surface area contributed by atoms with E-state index in [0.717, 1.165) is 0 Å². The SMILES string of the molecule is COCCOc1c(Cl)cccc1NC(=O)c1cccc(C(=O)OC)c1. The minimum atomic E-state index is -0.513. The Labute approximate surface area is 150 Å². The van der Waals surface area contributed by atoms with Gasteiger partial charge >= 0.3 is 5.97 Å². The number of carbonyl (C=O) groups excluding carboxylic acids is 2. The fourth-order valence-corrected chi connectivity index (χ4v) is 2.31. The molecular formula is C18H18ClNO5. The Morgan fingerprint density at radius 1 is 1.04 bits per heavy atom. The van der Waals surface area contributed by atoms with Gasteiger partial charge in [-0.3, -0.25) is 4.79 Å². The molecule has 0 saturated heterocycles. The molecule has 0 aliphatic heterocycles. The van der Waals surface area contributed by atoms with Gasteiger partial charge in [-0.2, -0.15) is 0 Å². The minimum absolute atomic E-state index is 0.290. The zero-order valence-corrected chi connectivity index (χ0v) is 14.6. The largest absolute Gasteiger partial charge is 0.487 e. The van der Waals surface area contributed by atoms with Crippen molar-refractivity contribution in [2.24, 2.45) is 0 Å². The van der Waals surface area contributed by atoms with Gasteiger partial charge in [0.1, 0.15) is 6.61 Å². The van der Waals surface area contributed by atoms with E-state index >= 15 is 0 Å². The zero-order valence-electron chi connectivity index (χ0n) is 13.9. The maximum absolute atomic E-state index is 12.5. The summed E-state index contributed by atoms with van der Waals surface area (Å²) in [6.07, 6.45) is 0. The first kappa shape index (κ1) is 18.8. The number of methoxy groups -OCH3 is 2. The van der Waals surface area contributed by atoms with Crippen LogP contribution in [0.2, 0.25) is 5.02 Å². The van der Waals surface area contributed by atoms with Crippen molar-refractivity contribution < 1.29 is 23.8 Å². The minimum Gasteiger partial charge on any atom is -0.487 e. The lowest BCUT2D eigenvalue weighted by Crippen LogP contribution is -2.15. The molecule has 25 heavy (non-hydrogen) atoms. The van der Waals surface area contributed by atoms with E-state index in [4.69, 9.17) is 21.1 Å². The smallest absolute Gasteiger partial charge is 0.337 e. The van der Waals surface area contributed by atoms with E-state index in [9.17, 15) is 9.59 Å². The van der Waals surface area contributed by atoms with E-state index < -0.39 is 11.9 Å². The third kappa shape index (κ3) is 4.95. The van der Waals surface area contributed by atoms with Crippen LogP contribution in [0.5, 0.6) is 5.75 Å². The Morgan fingerprint density at radius 2 is 1.76 bits per heavy atom. The molecule has 0 saturated carbocycles. The highest BCUT2D eigenvalue weighted by Gasteiger charge is 2.14. The molecule has 0 aliphatic rings. The van der Waals surface area contributed by atoms with Crippen molar-refractivity contribution in [2.45, 2.75) is 0 Å². The number of amides is 1. The Hall–Kier alpha value is -2.57. The molecule has 1 amide bonds. The van der Waals surface area contributed by atoms with Gasteiger partial charge in [-0.05, 0) is 30.3 Å². The number of benzene rings is 2. The molecule has 0 unspecified atom stereocenters. The lowest BCUT2D eigenvalue weighted by atomic mass is 10.1. The van der Waals surface area contributed by atoms with Crippen LogP contribution in [0, 0.1) is 0 Å². The van der Waals surface area contributed by atoms with Crippen LogP contribution in [-0.4, -0.2) is 39.3 Å². The first-order valence-corrected chi connectivity index (χ1v) is 7.84. The number of hydrogen-bond acceptors (Lipinski definition) is 5. The third-order valence-corrected chi connectivity index (χ3v) is 3.59. The third-order valence-electron chi connectivity index (χ3n) is 3.29. The summed E-state index contributed by atoms with van der Waals surface area (Å²) in [6, 6.07) is 11.3. The number of rotatable bonds is 7. The van der Waals surface area contributed by atoms with Crippen LogP contribution in [0.15, 0.2) is 42.5 Å². The van der Waals surface area contributed by atoms with Crippen molar-refractivity contribution in [1.29, 1.82) is 0 Å². The van der Waals surface area contributed by atoms with Gasteiger partial charge in [0, 0.05) is 12.7 Å². The zero-order chi connectivity index (χ0) is 18.2. The second-order valence-corrected chi connectivity index (χ2v) is 5.39. The van der Waals surface area contributed by atoms with Crippen LogP contribution >= 0.6 is 11.6 Å². The predicted molar refractivity (Wildman–Crippen MR) is 94.6 cm³/mol. The van der Waals surface area contributed by atoms with Gasteiger partial charge in [0.25, 0.3) is 5.91 Å². The molecule has 0 fully saturated rings. The molecule has 0 aliphatic carbocycles. The Balaban J connectivity index is 2.20. The second-order valence-electron chi connectivity index (χ2n) is 4.98. The average Bonchev–Trinajstić information content (AvgIpc) is 2.63. The van der Waals surface area contributed by atoms with E-state index in [1.165, 1.54) is 13.2 Å². The first-order chi connectivity index (χ1) is 12.1. The Bertz CT molecular complexity index is 763. The van der Waals surface area contributed by atoms with E-state index in [1.807, 2.05) is 0 Å². The van der Waals surface area contributed by atoms with Crippen molar-refractivity contribution in [2.75, 3.05) is 32.8 Å². The van der Waals surface area contributed by atoms with Crippen LogP contribution in [0.3, 0.4) is 0 Å². The van der Waals surface area contributed by atoms with E-state index in [2.05, 4.69) is 10.1 Å². The Kier molecular flexibility index (Phi) is 6.80. The van der Waals surface area contributed by atoms with E-state index in [1.54, 1.807) is 43.5 Å². The fourth-order valence-electron chi connectivity index (χ4n) is 2.08. The van der Waals surface area contributed by atoms with E-state index in [0.29, 0.717) is 35.2 Å². The molecule has 2 aromatic rings.